The minimum Gasteiger partial charge on any atom is -0.357 e. The maximum atomic E-state index is 5.42. The molecule has 0 aliphatic heterocycles. The van der Waals surface area contributed by atoms with Gasteiger partial charge in [0.05, 0.1) is 6.54 Å². The predicted octanol–water partition coefficient (Wildman–Crippen LogP) is 3.34. The molecule has 2 aromatic rings. The molecular weight excluding hydrogens is 288 g/mol. The third-order valence-corrected chi connectivity index (χ3v) is 4.06. The van der Waals surface area contributed by atoms with Gasteiger partial charge >= 0.3 is 0 Å². The minimum absolute atomic E-state index is 0.512. The van der Waals surface area contributed by atoms with Gasteiger partial charge < -0.3 is 15.2 Å². The Labute approximate surface area is 137 Å². The van der Waals surface area contributed by atoms with Gasteiger partial charge in [-0.3, -0.25) is 0 Å². The van der Waals surface area contributed by atoms with Gasteiger partial charge in [-0.25, -0.2) is 4.99 Å². The Kier molecular flexibility index (Phi) is 5.29. The molecule has 3 rings (SSSR count). The van der Waals surface area contributed by atoms with Crippen molar-refractivity contribution in [3.8, 4) is 11.3 Å². The first-order chi connectivity index (χ1) is 11.3. The Morgan fingerprint density at radius 2 is 2.04 bits per heavy atom. The highest BCUT2D eigenvalue weighted by atomic mass is 16.5. The van der Waals surface area contributed by atoms with Crippen LogP contribution in [0.1, 0.15) is 38.3 Å². The van der Waals surface area contributed by atoms with Gasteiger partial charge in [0.2, 0.25) is 0 Å². The number of rotatable bonds is 5. The van der Waals surface area contributed by atoms with Crippen molar-refractivity contribution in [1.29, 1.82) is 0 Å². The number of hydrogen-bond donors (Lipinski definition) is 2. The molecule has 1 aliphatic rings. The topological polar surface area (TPSA) is 62.5 Å². The average molecular weight is 312 g/mol. The summed E-state index contributed by atoms with van der Waals surface area (Å²) in [7, 11) is 0. The monoisotopic (exact) mass is 312 g/mol. The Hall–Kier alpha value is -2.30. The fraction of sp³-hybridized carbons (Fsp3) is 0.444. The lowest BCUT2D eigenvalue weighted by Gasteiger charge is -2.16. The Balaban J connectivity index is 1.63. The van der Waals surface area contributed by atoms with Crippen molar-refractivity contribution in [2.45, 2.75) is 45.2 Å². The zero-order valence-corrected chi connectivity index (χ0v) is 13.6. The predicted molar refractivity (Wildman–Crippen MR) is 92.1 cm³/mol. The van der Waals surface area contributed by atoms with Crippen LogP contribution in [0.5, 0.6) is 0 Å². The first kappa shape index (κ1) is 15.6. The summed E-state index contributed by atoms with van der Waals surface area (Å²) in [5.41, 5.74) is 1.87. The normalized spacial score (nSPS) is 15.8. The van der Waals surface area contributed by atoms with Crippen molar-refractivity contribution < 1.29 is 4.52 Å². The molecule has 1 heterocycles. The van der Waals surface area contributed by atoms with Gasteiger partial charge in [-0.2, -0.15) is 0 Å². The lowest BCUT2D eigenvalue weighted by atomic mass is 10.2. The van der Waals surface area contributed by atoms with E-state index < -0.39 is 0 Å². The van der Waals surface area contributed by atoms with Crippen LogP contribution in [-0.4, -0.2) is 23.7 Å². The van der Waals surface area contributed by atoms with Crippen LogP contribution in [-0.2, 0) is 6.54 Å². The summed E-state index contributed by atoms with van der Waals surface area (Å²) in [6.45, 7) is 3.44. The van der Waals surface area contributed by atoms with E-state index in [1.165, 1.54) is 25.7 Å². The van der Waals surface area contributed by atoms with Crippen molar-refractivity contribution >= 4 is 5.96 Å². The standard InChI is InChI=1S/C18H24N4O/c1-2-19-18(21-15-10-6-7-11-15)20-13-16-12-17(23-22-16)14-8-4-3-5-9-14/h3-5,8-9,12,15H,2,6-7,10-11,13H2,1H3,(H2,19,20,21). The van der Waals surface area contributed by atoms with Crippen LogP contribution in [0.3, 0.4) is 0 Å². The number of benzene rings is 1. The Bertz CT molecular complexity index is 629. The van der Waals surface area contributed by atoms with Crippen molar-refractivity contribution in [1.82, 2.24) is 15.8 Å². The molecule has 2 N–H and O–H groups in total. The van der Waals surface area contributed by atoms with Crippen LogP contribution in [0.2, 0.25) is 0 Å². The van der Waals surface area contributed by atoms with E-state index in [4.69, 9.17) is 4.52 Å². The number of nitrogens with one attached hydrogen (secondary N) is 2. The SMILES string of the molecule is CCNC(=NCc1cc(-c2ccccc2)on1)NC1CCCC1. The highest BCUT2D eigenvalue weighted by Crippen LogP contribution is 2.20. The summed E-state index contributed by atoms with van der Waals surface area (Å²) in [4.78, 5) is 4.63. The fourth-order valence-corrected chi connectivity index (χ4v) is 2.87. The van der Waals surface area contributed by atoms with Gasteiger partial charge in [-0.15, -0.1) is 0 Å². The van der Waals surface area contributed by atoms with E-state index in [2.05, 4.69) is 27.7 Å². The maximum absolute atomic E-state index is 5.42. The van der Waals surface area contributed by atoms with E-state index in [9.17, 15) is 0 Å². The number of aromatic nitrogens is 1. The smallest absolute Gasteiger partial charge is 0.191 e. The second kappa shape index (κ2) is 7.81. The first-order valence-electron chi connectivity index (χ1n) is 8.41. The van der Waals surface area contributed by atoms with Crippen LogP contribution >= 0.6 is 0 Å². The molecule has 0 atom stereocenters. The van der Waals surface area contributed by atoms with Gasteiger partial charge in [0, 0.05) is 24.2 Å². The zero-order chi connectivity index (χ0) is 15.9. The van der Waals surface area contributed by atoms with E-state index >= 15 is 0 Å². The van der Waals surface area contributed by atoms with Crippen molar-refractivity contribution in [2.75, 3.05) is 6.54 Å². The molecule has 0 spiro atoms. The molecule has 0 unspecified atom stereocenters. The molecule has 0 saturated heterocycles. The van der Waals surface area contributed by atoms with E-state index in [1.54, 1.807) is 0 Å². The summed E-state index contributed by atoms with van der Waals surface area (Å²) >= 11 is 0. The number of aliphatic imine (C=N–C) groups is 1. The van der Waals surface area contributed by atoms with Crippen LogP contribution in [0.4, 0.5) is 0 Å². The lowest BCUT2D eigenvalue weighted by Crippen LogP contribution is -2.42. The highest BCUT2D eigenvalue weighted by molar-refractivity contribution is 5.80. The second-order valence-electron chi connectivity index (χ2n) is 5.87. The Morgan fingerprint density at radius 1 is 1.26 bits per heavy atom. The second-order valence-corrected chi connectivity index (χ2v) is 5.87. The Morgan fingerprint density at radius 3 is 2.78 bits per heavy atom. The molecule has 0 radical (unpaired) electrons. The molecule has 0 amide bonds. The van der Waals surface area contributed by atoms with Crippen LogP contribution < -0.4 is 10.6 Å². The summed E-state index contributed by atoms with van der Waals surface area (Å²) in [5.74, 6) is 1.65. The van der Waals surface area contributed by atoms with Crippen LogP contribution in [0, 0.1) is 0 Å². The summed E-state index contributed by atoms with van der Waals surface area (Å²) in [6, 6.07) is 12.5. The van der Waals surface area contributed by atoms with Crippen molar-refractivity contribution in [3.05, 3.63) is 42.1 Å². The average Bonchev–Trinajstić information content (AvgIpc) is 3.25. The molecule has 23 heavy (non-hydrogen) atoms. The molecule has 1 aliphatic carbocycles. The van der Waals surface area contributed by atoms with Gasteiger partial charge in [-0.05, 0) is 19.8 Å². The van der Waals surface area contributed by atoms with E-state index in [0.717, 1.165) is 29.5 Å². The number of nitrogens with zero attached hydrogens (tertiary/aromatic N) is 2. The minimum atomic E-state index is 0.512. The van der Waals surface area contributed by atoms with Gasteiger partial charge in [0.15, 0.2) is 11.7 Å². The molecule has 1 aromatic heterocycles. The number of hydrogen-bond acceptors (Lipinski definition) is 3. The van der Waals surface area contributed by atoms with E-state index in [-0.39, 0.29) is 0 Å². The molecule has 122 valence electrons. The van der Waals surface area contributed by atoms with E-state index in [0.29, 0.717) is 12.6 Å². The number of guanidine groups is 1. The zero-order valence-electron chi connectivity index (χ0n) is 13.6. The van der Waals surface area contributed by atoms with E-state index in [1.807, 2.05) is 36.4 Å². The summed E-state index contributed by atoms with van der Waals surface area (Å²) in [5, 5.41) is 10.9. The van der Waals surface area contributed by atoms with Gasteiger partial charge in [0.1, 0.15) is 5.69 Å². The molecule has 1 fully saturated rings. The molecule has 0 bridgehead atoms. The van der Waals surface area contributed by atoms with Crippen LogP contribution in [0.25, 0.3) is 11.3 Å². The lowest BCUT2D eigenvalue weighted by molar-refractivity contribution is 0.424. The summed E-state index contributed by atoms with van der Waals surface area (Å²) < 4.78 is 5.42. The van der Waals surface area contributed by atoms with Crippen LogP contribution in [0.15, 0.2) is 45.9 Å². The largest absolute Gasteiger partial charge is 0.357 e. The third kappa shape index (κ3) is 4.34. The van der Waals surface area contributed by atoms with Gasteiger partial charge in [-0.1, -0.05) is 48.3 Å². The third-order valence-electron chi connectivity index (χ3n) is 4.06. The quantitative estimate of drug-likeness (QED) is 0.656. The fourth-order valence-electron chi connectivity index (χ4n) is 2.87. The summed E-state index contributed by atoms with van der Waals surface area (Å²) in [6.07, 6.45) is 5.07. The highest BCUT2D eigenvalue weighted by Gasteiger charge is 2.16. The molecule has 1 aromatic carbocycles. The van der Waals surface area contributed by atoms with Crippen molar-refractivity contribution in [3.63, 3.8) is 0 Å². The maximum Gasteiger partial charge on any atom is 0.191 e. The molecule has 5 nitrogen and oxygen atoms in total. The molecule has 1 saturated carbocycles. The molecular formula is C18H24N4O. The van der Waals surface area contributed by atoms with Crippen molar-refractivity contribution in [2.24, 2.45) is 4.99 Å². The molecule has 5 heteroatoms. The van der Waals surface area contributed by atoms with Gasteiger partial charge in [0.25, 0.3) is 0 Å². The first-order valence-corrected chi connectivity index (χ1v) is 8.41.